The minimum Gasteiger partial charge on any atom is -0.374 e. The largest absolute Gasteiger partial charge is 0.374 e. The average molecular weight is 346 g/mol. The van der Waals surface area contributed by atoms with Crippen molar-refractivity contribution in [3.05, 3.63) is 33.4 Å². The number of nitrogens with one attached hydrogen (secondary N) is 1. The Bertz CT molecular complexity index is 370. The van der Waals surface area contributed by atoms with Gasteiger partial charge in [-0.1, -0.05) is 12.1 Å². The molecule has 1 saturated heterocycles. The van der Waals surface area contributed by atoms with Crippen LogP contribution in [0.5, 0.6) is 0 Å². The van der Waals surface area contributed by atoms with Crippen molar-refractivity contribution >= 4 is 22.6 Å². The number of nitrogens with zero attached hydrogens (tertiary/aromatic N) is 1. The van der Waals surface area contributed by atoms with Gasteiger partial charge < -0.3 is 10.1 Å². The molecule has 1 N–H and O–H groups in total. The van der Waals surface area contributed by atoms with Crippen molar-refractivity contribution in [2.45, 2.75) is 12.1 Å². The summed E-state index contributed by atoms with van der Waals surface area (Å²) < 4.78 is 7.17. The van der Waals surface area contributed by atoms with Gasteiger partial charge in [0.25, 0.3) is 0 Å². The lowest BCUT2D eigenvalue weighted by Gasteiger charge is -2.39. The molecule has 1 heterocycles. The SMILES string of the molecule is CNCC1OCCN(C)C1c1cccc(I)c1. The smallest absolute Gasteiger partial charge is 0.0896 e. The summed E-state index contributed by atoms with van der Waals surface area (Å²) in [6.07, 6.45) is 0.233. The Hall–Kier alpha value is -0.170. The molecule has 1 aliphatic heterocycles. The maximum Gasteiger partial charge on any atom is 0.0896 e. The predicted octanol–water partition coefficient (Wildman–Crippen LogP) is 1.88. The molecule has 1 fully saturated rings. The molecule has 0 amide bonds. The second kappa shape index (κ2) is 6.13. The first-order valence-corrected chi connectivity index (χ1v) is 7.02. The molecule has 0 bridgehead atoms. The van der Waals surface area contributed by atoms with Crippen molar-refractivity contribution < 1.29 is 4.74 Å². The second-order valence-corrected chi connectivity index (χ2v) is 5.69. The van der Waals surface area contributed by atoms with Gasteiger partial charge in [0, 0.05) is 16.7 Å². The average Bonchev–Trinajstić information content (AvgIpc) is 2.29. The lowest BCUT2D eigenvalue weighted by molar-refractivity contribution is -0.0606. The summed E-state index contributed by atoms with van der Waals surface area (Å²) in [5.41, 5.74) is 1.35. The van der Waals surface area contributed by atoms with Crippen molar-refractivity contribution in [1.82, 2.24) is 10.2 Å². The van der Waals surface area contributed by atoms with E-state index in [2.05, 4.69) is 64.1 Å². The topological polar surface area (TPSA) is 24.5 Å². The third kappa shape index (κ3) is 3.19. The van der Waals surface area contributed by atoms with Crippen LogP contribution in [0.3, 0.4) is 0 Å². The summed E-state index contributed by atoms with van der Waals surface area (Å²) in [5, 5.41) is 3.22. The minimum absolute atomic E-state index is 0.233. The molecule has 2 rings (SSSR count). The van der Waals surface area contributed by atoms with E-state index in [1.165, 1.54) is 9.13 Å². The van der Waals surface area contributed by atoms with Crippen molar-refractivity contribution in [3.63, 3.8) is 0 Å². The van der Waals surface area contributed by atoms with Crippen molar-refractivity contribution in [1.29, 1.82) is 0 Å². The number of likely N-dealkylation sites (N-methyl/N-ethyl adjacent to an activating group) is 2. The van der Waals surface area contributed by atoms with Crippen LogP contribution in [-0.4, -0.2) is 44.8 Å². The summed E-state index contributed by atoms with van der Waals surface area (Å²) in [6, 6.07) is 9.04. The third-order valence-electron chi connectivity index (χ3n) is 3.20. The summed E-state index contributed by atoms with van der Waals surface area (Å²) in [7, 11) is 4.15. The number of morpholine rings is 1. The first-order valence-electron chi connectivity index (χ1n) is 5.94. The number of hydrogen-bond acceptors (Lipinski definition) is 3. The molecular formula is C13H19IN2O. The molecule has 0 saturated carbocycles. The van der Waals surface area contributed by atoms with E-state index in [0.29, 0.717) is 6.04 Å². The van der Waals surface area contributed by atoms with Gasteiger partial charge in [-0.3, -0.25) is 4.90 Å². The third-order valence-corrected chi connectivity index (χ3v) is 3.87. The maximum atomic E-state index is 5.89. The van der Waals surface area contributed by atoms with Gasteiger partial charge in [-0.25, -0.2) is 0 Å². The van der Waals surface area contributed by atoms with Crippen LogP contribution in [0.15, 0.2) is 24.3 Å². The summed E-state index contributed by atoms with van der Waals surface area (Å²) in [4.78, 5) is 2.39. The summed E-state index contributed by atoms with van der Waals surface area (Å²) in [5.74, 6) is 0. The fourth-order valence-electron chi connectivity index (χ4n) is 2.39. The molecule has 0 aliphatic carbocycles. The molecule has 4 heteroatoms. The van der Waals surface area contributed by atoms with E-state index in [1.54, 1.807) is 0 Å². The zero-order chi connectivity index (χ0) is 12.3. The van der Waals surface area contributed by atoms with E-state index in [0.717, 1.165) is 19.7 Å². The number of benzene rings is 1. The minimum atomic E-state index is 0.233. The predicted molar refractivity (Wildman–Crippen MR) is 78.2 cm³/mol. The summed E-state index contributed by atoms with van der Waals surface area (Å²) >= 11 is 2.36. The van der Waals surface area contributed by atoms with Gasteiger partial charge in [0.15, 0.2) is 0 Å². The van der Waals surface area contributed by atoms with Crippen molar-refractivity contribution in [2.24, 2.45) is 0 Å². The number of halogens is 1. The van der Waals surface area contributed by atoms with E-state index in [-0.39, 0.29) is 6.10 Å². The van der Waals surface area contributed by atoms with Crippen molar-refractivity contribution in [3.8, 4) is 0 Å². The number of rotatable bonds is 3. The fourth-order valence-corrected chi connectivity index (χ4v) is 2.96. The van der Waals surface area contributed by atoms with E-state index >= 15 is 0 Å². The zero-order valence-corrected chi connectivity index (χ0v) is 12.5. The highest BCUT2D eigenvalue weighted by Gasteiger charge is 2.30. The first kappa shape index (κ1) is 13.3. The lowest BCUT2D eigenvalue weighted by Crippen LogP contribution is -2.46. The molecule has 0 spiro atoms. The quantitative estimate of drug-likeness (QED) is 0.846. The monoisotopic (exact) mass is 346 g/mol. The molecule has 2 atom stereocenters. The highest BCUT2D eigenvalue weighted by atomic mass is 127. The van der Waals surface area contributed by atoms with Crippen LogP contribution in [0.25, 0.3) is 0 Å². The Morgan fingerprint density at radius 3 is 3.06 bits per heavy atom. The molecule has 94 valence electrons. The standard InChI is InChI=1S/C13H19IN2O/c1-15-9-12-13(16(2)6-7-17-12)10-4-3-5-11(14)8-10/h3-5,8,12-13,15H,6-7,9H2,1-2H3. The molecule has 2 unspecified atom stereocenters. The second-order valence-electron chi connectivity index (χ2n) is 4.45. The lowest BCUT2D eigenvalue weighted by atomic mass is 9.98. The van der Waals surface area contributed by atoms with Crippen LogP contribution in [0, 0.1) is 3.57 Å². The van der Waals surface area contributed by atoms with E-state index in [4.69, 9.17) is 4.74 Å². The molecular weight excluding hydrogens is 327 g/mol. The van der Waals surface area contributed by atoms with Crippen LogP contribution >= 0.6 is 22.6 Å². The fraction of sp³-hybridized carbons (Fsp3) is 0.538. The molecule has 1 aliphatic rings. The Morgan fingerprint density at radius 1 is 1.53 bits per heavy atom. The van der Waals surface area contributed by atoms with Gasteiger partial charge in [-0.2, -0.15) is 0 Å². The Morgan fingerprint density at radius 2 is 2.35 bits per heavy atom. The van der Waals surface area contributed by atoms with Crippen molar-refractivity contribution in [2.75, 3.05) is 33.8 Å². The van der Waals surface area contributed by atoms with Crippen LogP contribution in [0.4, 0.5) is 0 Å². The molecule has 0 aromatic heterocycles. The maximum absolute atomic E-state index is 5.89. The van der Waals surface area contributed by atoms with E-state index in [9.17, 15) is 0 Å². The first-order chi connectivity index (χ1) is 8.22. The number of hydrogen-bond donors (Lipinski definition) is 1. The van der Waals surface area contributed by atoms with Gasteiger partial charge >= 0.3 is 0 Å². The van der Waals surface area contributed by atoms with Gasteiger partial charge in [-0.15, -0.1) is 0 Å². The highest BCUT2D eigenvalue weighted by Crippen LogP contribution is 2.28. The summed E-state index contributed by atoms with van der Waals surface area (Å²) in [6.45, 7) is 2.71. The van der Waals surface area contributed by atoms with Gasteiger partial charge in [0.1, 0.15) is 0 Å². The molecule has 3 nitrogen and oxygen atoms in total. The van der Waals surface area contributed by atoms with Crippen LogP contribution in [-0.2, 0) is 4.74 Å². The van der Waals surface area contributed by atoms with Gasteiger partial charge in [0.05, 0.1) is 18.8 Å². The normalized spacial score (nSPS) is 26.1. The molecule has 1 aromatic rings. The Balaban J connectivity index is 2.24. The number of ether oxygens (including phenoxy) is 1. The Kier molecular flexibility index (Phi) is 4.78. The van der Waals surface area contributed by atoms with Gasteiger partial charge in [0.2, 0.25) is 0 Å². The highest BCUT2D eigenvalue weighted by molar-refractivity contribution is 14.1. The zero-order valence-electron chi connectivity index (χ0n) is 10.3. The van der Waals surface area contributed by atoms with Gasteiger partial charge in [-0.05, 0) is 54.4 Å². The molecule has 0 radical (unpaired) electrons. The molecule has 17 heavy (non-hydrogen) atoms. The van der Waals surface area contributed by atoms with Crippen LogP contribution in [0.1, 0.15) is 11.6 Å². The van der Waals surface area contributed by atoms with Crippen LogP contribution in [0.2, 0.25) is 0 Å². The van der Waals surface area contributed by atoms with E-state index in [1.807, 2.05) is 7.05 Å². The Labute approximate surface area is 117 Å². The molecule has 1 aromatic carbocycles. The van der Waals surface area contributed by atoms with E-state index < -0.39 is 0 Å². The van der Waals surface area contributed by atoms with Crippen LogP contribution < -0.4 is 5.32 Å².